The molecule has 1 aliphatic rings. The van der Waals surface area contributed by atoms with E-state index in [1.54, 1.807) is 12.1 Å². The van der Waals surface area contributed by atoms with Crippen LogP contribution in [0, 0.1) is 5.92 Å². The second-order valence-corrected chi connectivity index (χ2v) is 8.31. The molecule has 0 aromatic heterocycles. The molecule has 1 atom stereocenters. The summed E-state index contributed by atoms with van der Waals surface area (Å²) in [6, 6.07) is 7.36. The minimum Gasteiger partial charge on any atom is -0.369 e. The van der Waals surface area contributed by atoms with Crippen LogP contribution in [0.5, 0.6) is 0 Å². The average molecular weight is 355 g/mol. The fourth-order valence-electron chi connectivity index (χ4n) is 2.75. The summed E-state index contributed by atoms with van der Waals surface area (Å²) >= 11 is 0. The summed E-state index contributed by atoms with van der Waals surface area (Å²) in [6.45, 7) is 7.41. The highest BCUT2D eigenvalue weighted by Gasteiger charge is 2.36. The van der Waals surface area contributed by atoms with Gasteiger partial charge in [-0.2, -0.15) is 0 Å². The lowest BCUT2D eigenvalue weighted by Gasteiger charge is -2.29. The van der Waals surface area contributed by atoms with Crippen molar-refractivity contribution in [2.24, 2.45) is 5.92 Å². The summed E-state index contributed by atoms with van der Waals surface area (Å²) in [7, 11) is -4.48. The predicted octanol–water partition coefficient (Wildman–Crippen LogP) is 1.63. The fourth-order valence-corrected chi connectivity index (χ4v) is 3.81. The van der Waals surface area contributed by atoms with Gasteiger partial charge in [0.25, 0.3) is 0 Å². The van der Waals surface area contributed by atoms with Gasteiger partial charge in [-0.05, 0) is 36.6 Å². The minimum absolute atomic E-state index is 0.0171. The highest BCUT2D eigenvalue weighted by atomic mass is 31.2. The molecule has 0 spiro atoms. The van der Waals surface area contributed by atoms with E-state index < -0.39 is 19.2 Å². The maximum absolute atomic E-state index is 12.3. The van der Waals surface area contributed by atoms with E-state index >= 15 is 0 Å². The van der Waals surface area contributed by atoms with Crippen molar-refractivity contribution in [3.63, 3.8) is 0 Å². The molecule has 1 heterocycles. The number of hydrogen-bond donors (Lipinski definition) is 4. The first-order chi connectivity index (χ1) is 11.3. The van der Waals surface area contributed by atoms with E-state index in [1.807, 2.05) is 26.0 Å². The lowest BCUT2D eigenvalue weighted by Crippen LogP contribution is -2.43. The normalized spacial score (nSPS) is 17.0. The lowest BCUT2D eigenvalue weighted by molar-refractivity contribution is -0.116. The van der Waals surface area contributed by atoms with E-state index in [2.05, 4.69) is 15.5 Å². The van der Waals surface area contributed by atoms with Gasteiger partial charge in [-0.1, -0.05) is 13.8 Å². The molecule has 0 saturated carbocycles. The number of rotatable bonds is 6. The predicted molar refractivity (Wildman–Crippen MR) is 95.4 cm³/mol. The van der Waals surface area contributed by atoms with Crippen molar-refractivity contribution in [1.29, 1.82) is 0 Å². The number of piperazine rings is 1. The third-order valence-electron chi connectivity index (χ3n) is 4.02. The van der Waals surface area contributed by atoms with Crippen LogP contribution in [0.1, 0.15) is 20.3 Å². The van der Waals surface area contributed by atoms with Crippen LogP contribution >= 0.6 is 7.60 Å². The van der Waals surface area contributed by atoms with Crippen LogP contribution in [0.2, 0.25) is 0 Å². The van der Waals surface area contributed by atoms with Crippen LogP contribution in [0.25, 0.3) is 0 Å². The van der Waals surface area contributed by atoms with Crippen LogP contribution in [0.15, 0.2) is 24.3 Å². The zero-order valence-electron chi connectivity index (χ0n) is 14.1. The van der Waals surface area contributed by atoms with E-state index in [0.29, 0.717) is 5.69 Å². The van der Waals surface area contributed by atoms with Crippen LogP contribution in [0.4, 0.5) is 11.4 Å². The van der Waals surface area contributed by atoms with Crippen LogP contribution in [-0.4, -0.2) is 47.5 Å². The fraction of sp³-hybridized carbons (Fsp3) is 0.562. The van der Waals surface area contributed by atoms with E-state index in [4.69, 9.17) is 0 Å². The Labute approximate surface area is 142 Å². The third-order valence-corrected chi connectivity index (χ3v) is 5.28. The minimum atomic E-state index is -4.48. The first-order valence-corrected chi connectivity index (χ1v) is 9.87. The van der Waals surface area contributed by atoms with Crippen molar-refractivity contribution in [1.82, 2.24) is 5.32 Å². The number of amides is 1. The Hall–Kier alpha value is -1.40. The number of nitrogens with one attached hydrogen (secondary N) is 2. The zero-order valence-corrected chi connectivity index (χ0v) is 15.0. The molecule has 1 aromatic rings. The summed E-state index contributed by atoms with van der Waals surface area (Å²) < 4.78 is 11.6. The summed E-state index contributed by atoms with van der Waals surface area (Å²) in [5, 5.41) is 5.91. The Bertz CT molecular complexity index is 594. The molecule has 1 aliphatic heterocycles. The van der Waals surface area contributed by atoms with E-state index in [-0.39, 0.29) is 12.3 Å². The molecule has 134 valence electrons. The summed E-state index contributed by atoms with van der Waals surface area (Å²) in [5.74, 6) is -0.615. The van der Waals surface area contributed by atoms with Gasteiger partial charge in [0.15, 0.2) is 0 Å². The molecule has 0 aliphatic carbocycles. The first-order valence-electron chi connectivity index (χ1n) is 8.19. The van der Waals surface area contributed by atoms with Crippen molar-refractivity contribution in [2.75, 3.05) is 36.4 Å². The molecule has 0 radical (unpaired) electrons. The van der Waals surface area contributed by atoms with Crippen molar-refractivity contribution in [2.45, 2.75) is 25.9 Å². The standard InChI is InChI=1S/C16H26N3O4P/c1-12(2)11-15(24(21,22)23)16(20)18-13-3-5-14(6-4-13)19-9-7-17-8-10-19/h3-6,12,15,17H,7-11H2,1-2H3,(H,18,20)(H2,21,22,23). The average Bonchev–Trinajstić information content (AvgIpc) is 2.53. The van der Waals surface area contributed by atoms with Gasteiger partial charge >= 0.3 is 7.60 Å². The zero-order chi connectivity index (χ0) is 17.7. The number of carbonyl (C=O) groups is 1. The number of benzene rings is 1. The third kappa shape index (κ3) is 5.31. The maximum Gasteiger partial charge on any atom is 0.337 e. The SMILES string of the molecule is CC(C)CC(C(=O)Nc1ccc(N2CCNCC2)cc1)P(=O)(O)O. The van der Waals surface area contributed by atoms with Gasteiger partial charge in [0.05, 0.1) is 0 Å². The summed E-state index contributed by atoms with van der Waals surface area (Å²) in [6.07, 6.45) is 0.148. The molecule has 1 unspecified atom stereocenters. The summed E-state index contributed by atoms with van der Waals surface area (Å²) in [4.78, 5) is 33.4. The number of hydrogen-bond acceptors (Lipinski definition) is 4. The number of nitrogens with zero attached hydrogens (tertiary/aromatic N) is 1. The topological polar surface area (TPSA) is 102 Å². The highest BCUT2D eigenvalue weighted by molar-refractivity contribution is 7.53. The largest absolute Gasteiger partial charge is 0.369 e. The Balaban J connectivity index is 2.03. The monoisotopic (exact) mass is 355 g/mol. The van der Waals surface area contributed by atoms with Crippen LogP contribution in [0.3, 0.4) is 0 Å². The molecule has 0 bridgehead atoms. The van der Waals surface area contributed by atoms with Gasteiger partial charge in [0.2, 0.25) is 5.91 Å². The van der Waals surface area contributed by atoms with Crippen LogP contribution in [-0.2, 0) is 9.36 Å². The Kier molecular flexibility index (Phi) is 6.40. The molecule has 2 rings (SSSR count). The van der Waals surface area contributed by atoms with Crippen molar-refractivity contribution in [3.05, 3.63) is 24.3 Å². The first kappa shape index (κ1) is 18.9. The molecule has 1 fully saturated rings. The van der Waals surface area contributed by atoms with Crippen molar-refractivity contribution < 1.29 is 19.1 Å². The summed E-state index contributed by atoms with van der Waals surface area (Å²) in [5.41, 5.74) is 0.301. The molecular weight excluding hydrogens is 329 g/mol. The second-order valence-electron chi connectivity index (χ2n) is 6.51. The highest BCUT2D eigenvalue weighted by Crippen LogP contribution is 2.44. The Morgan fingerprint density at radius 2 is 1.83 bits per heavy atom. The van der Waals surface area contributed by atoms with Gasteiger partial charge in [-0.3, -0.25) is 9.36 Å². The van der Waals surface area contributed by atoms with E-state index in [9.17, 15) is 19.1 Å². The Morgan fingerprint density at radius 3 is 2.33 bits per heavy atom. The Morgan fingerprint density at radius 1 is 1.25 bits per heavy atom. The molecule has 7 nitrogen and oxygen atoms in total. The molecule has 4 N–H and O–H groups in total. The van der Waals surface area contributed by atoms with E-state index in [1.165, 1.54) is 0 Å². The van der Waals surface area contributed by atoms with Gasteiger partial charge in [0.1, 0.15) is 5.66 Å². The second kappa shape index (κ2) is 8.12. The smallest absolute Gasteiger partial charge is 0.337 e. The molecule has 8 heteroatoms. The quantitative estimate of drug-likeness (QED) is 0.579. The molecule has 1 amide bonds. The molecule has 24 heavy (non-hydrogen) atoms. The maximum atomic E-state index is 12.3. The molecule has 1 saturated heterocycles. The van der Waals surface area contributed by atoms with E-state index in [0.717, 1.165) is 31.9 Å². The number of anilines is 2. The number of carbonyl (C=O) groups excluding carboxylic acids is 1. The lowest BCUT2D eigenvalue weighted by atomic mass is 10.1. The van der Waals surface area contributed by atoms with Gasteiger partial charge in [-0.25, -0.2) is 0 Å². The van der Waals surface area contributed by atoms with Crippen LogP contribution < -0.4 is 15.5 Å². The van der Waals surface area contributed by atoms with Gasteiger partial charge in [0, 0.05) is 37.6 Å². The van der Waals surface area contributed by atoms with Crippen molar-refractivity contribution in [3.8, 4) is 0 Å². The van der Waals surface area contributed by atoms with Crippen molar-refractivity contribution >= 4 is 24.9 Å². The molecule has 1 aromatic carbocycles. The molecular formula is C16H26N3O4P. The van der Waals surface area contributed by atoms with Gasteiger partial charge in [-0.15, -0.1) is 0 Å². The van der Waals surface area contributed by atoms with Gasteiger partial charge < -0.3 is 25.3 Å².